The largest absolute Gasteiger partial charge is 0.326 e. The van der Waals surface area contributed by atoms with Crippen LogP contribution in [0, 0.1) is 5.92 Å². The van der Waals surface area contributed by atoms with Gasteiger partial charge in [0.1, 0.15) is 0 Å². The highest BCUT2D eigenvalue weighted by molar-refractivity contribution is 7.84. The molecule has 0 heterocycles. The molecule has 0 saturated carbocycles. The molecule has 1 atom stereocenters. The number of carbonyl (C=O) groups is 1. The molecule has 0 aromatic heterocycles. The molecule has 4 nitrogen and oxygen atoms in total. The Kier molecular flexibility index (Phi) is 7.47. The third-order valence-electron chi connectivity index (χ3n) is 2.95. The molecule has 0 radical (unpaired) electrons. The first-order valence-electron chi connectivity index (χ1n) is 6.95. The number of nitrogens with two attached hydrogens (primary N) is 1. The minimum Gasteiger partial charge on any atom is -0.326 e. The lowest BCUT2D eigenvalue weighted by Gasteiger charge is -2.07. The van der Waals surface area contributed by atoms with Gasteiger partial charge in [0.25, 0.3) is 0 Å². The van der Waals surface area contributed by atoms with Crippen molar-refractivity contribution in [3.8, 4) is 0 Å². The van der Waals surface area contributed by atoms with Crippen LogP contribution >= 0.6 is 0 Å². The molecule has 0 aliphatic carbocycles. The fourth-order valence-corrected chi connectivity index (χ4v) is 2.97. The van der Waals surface area contributed by atoms with Crippen molar-refractivity contribution in [2.45, 2.75) is 33.2 Å². The van der Waals surface area contributed by atoms with E-state index < -0.39 is 10.8 Å². The van der Waals surface area contributed by atoms with Gasteiger partial charge in [-0.15, -0.1) is 0 Å². The molecule has 1 aromatic rings. The van der Waals surface area contributed by atoms with Gasteiger partial charge in [-0.3, -0.25) is 9.00 Å². The van der Waals surface area contributed by atoms with E-state index in [-0.39, 0.29) is 5.91 Å². The summed E-state index contributed by atoms with van der Waals surface area (Å²) in [6.07, 6.45) is 1.23. The minimum atomic E-state index is -0.902. The Morgan fingerprint density at radius 1 is 1.25 bits per heavy atom. The topological polar surface area (TPSA) is 72.2 Å². The predicted molar refractivity (Wildman–Crippen MR) is 84.9 cm³/mol. The van der Waals surface area contributed by atoms with Gasteiger partial charge in [0.05, 0.1) is 0 Å². The van der Waals surface area contributed by atoms with E-state index in [9.17, 15) is 9.00 Å². The van der Waals surface area contributed by atoms with Gasteiger partial charge < -0.3 is 11.1 Å². The molecule has 1 rings (SSSR count). The van der Waals surface area contributed by atoms with Gasteiger partial charge in [-0.2, -0.15) is 0 Å². The summed E-state index contributed by atoms with van der Waals surface area (Å²) in [4.78, 5) is 11.7. The van der Waals surface area contributed by atoms with Crippen LogP contribution < -0.4 is 11.1 Å². The first-order chi connectivity index (χ1) is 9.51. The van der Waals surface area contributed by atoms with Crippen LogP contribution in [0.3, 0.4) is 0 Å². The molecule has 20 heavy (non-hydrogen) atoms. The number of amides is 1. The molecule has 1 unspecified atom stereocenters. The molecule has 1 aromatic carbocycles. The quantitative estimate of drug-likeness (QED) is 0.773. The standard InChI is InChI=1S/C15H24N2O2S/c1-12(2)7-9-20(19)10-8-15(18)17-14-5-3-13(11-16)4-6-14/h3-6,12H,7-11,16H2,1-2H3,(H,17,18). The number of benzene rings is 1. The first-order valence-corrected chi connectivity index (χ1v) is 8.44. The lowest BCUT2D eigenvalue weighted by Crippen LogP contribution is -2.16. The fourth-order valence-electron chi connectivity index (χ4n) is 1.62. The van der Waals surface area contributed by atoms with Crippen LogP contribution in [0.25, 0.3) is 0 Å². The van der Waals surface area contributed by atoms with Gasteiger partial charge in [-0.05, 0) is 30.0 Å². The van der Waals surface area contributed by atoms with E-state index in [0.717, 1.165) is 17.7 Å². The second-order valence-corrected chi connectivity index (χ2v) is 6.93. The van der Waals surface area contributed by atoms with E-state index in [1.807, 2.05) is 24.3 Å². The smallest absolute Gasteiger partial charge is 0.225 e. The van der Waals surface area contributed by atoms with E-state index in [1.165, 1.54) is 0 Å². The maximum atomic E-state index is 11.7. The molecule has 112 valence electrons. The Morgan fingerprint density at radius 3 is 2.45 bits per heavy atom. The first kappa shape index (κ1) is 16.9. The average Bonchev–Trinajstić information content (AvgIpc) is 2.43. The third-order valence-corrected chi connectivity index (χ3v) is 4.30. The van der Waals surface area contributed by atoms with E-state index in [2.05, 4.69) is 19.2 Å². The monoisotopic (exact) mass is 296 g/mol. The number of rotatable bonds is 8. The third kappa shape index (κ3) is 6.82. The van der Waals surface area contributed by atoms with E-state index in [4.69, 9.17) is 5.73 Å². The molecule has 0 spiro atoms. The van der Waals surface area contributed by atoms with Crippen molar-refractivity contribution in [1.82, 2.24) is 0 Å². The lowest BCUT2D eigenvalue weighted by molar-refractivity contribution is -0.115. The fraction of sp³-hybridized carbons (Fsp3) is 0.533. The molecule has 0 aliphatic heterocycles. The van der Waals surface area contributed by atoms with Crippen LogP contribution in [0.5, 0.6) is 0 Å². The van der Waals surface area contributed by atoms with Crippen molar-refractivity contribution in [2.24, 2.45) is 11.7 Å². The summed E-state index contributed by atoms with van der Waals surface area (Å²) >= 11 is 0. The zero-order valence-electron chi connectivity index (χ0n) is 12.2. The maximum absolute atomic E-state index is 11.7. The summed E-state index contributed by atoms with van der Waals surface area (Å²) in [6.45, 7) is 4.70. The zero-order valence-corrected chi connectivity index (χ0v) is 13.0. The van der Waals surface area contributed by atoms with Gasteiger partial charge in [0, 0.05) is 41.0 Å². The summed E-state index contributed by atoms with van der Waals surface area (Å²) in [6, 6.07) is 7.43. The number of nitrogens with one attached hydrogen (secondary N) is 1. The van der Waals surface area contributed by atoms with E-state index in [1.54, 1.807) is 0 Å². The highest BCUT2D eigenvalue weighted by atomic mass is 32.2. The normalized spacial score (nSPS) is 12.4. The van der Waals surface area contributed by atoms with Crippen molar-refractivity contribution in [2.75, 3.05) is 16.8 Å². The van der Waals surface area contributed by atoms with Gasteiger partial charge in [0.2, 0.25) is 5.91 Å². The average molecular weight is 296 g/mol. The summed E-state index contributed by atoms with van der Waals surface area (Å²) in [5.41, 5.74) is 7.29. The number of carbonyl (C=O) groups excluding carboxylic acids is 1. The Bertz CT molecular complexity index is 444. The Balaban J connectivity index is 2.30. The molecule has 3 N–H and O–H groups in total. The zero-order chi connectivity index (χ0) is 15.0. The molecule has 1 amide bonds. The van der Waals surface area contributed by atoms with Crippen LogP contribution in [-0.4, -0.2) is 21.6 Å². The van der Waals surface area contributed by atoms with Crippen LogP contribution in [0.2, 0.25) is 0 Å². The van der Waals surface area contributed by atoms with Crippen LogP contribution in [0.1, 0.15) is 32.3 Å². The predicted octanol–water partition coefficient (Wildman–Crippen LogP) is 2.27. The van der Waals surface area contributed by atoms with Gasteiger partial charge in [-0.1, -0.05) is 26.0 Å². The second kappa shape index (κ2) is 8.87. The highest BCUT2D eigenvalue weighted by Crippen LogP contribution is 2.09. The van der Waals surface area contributed by atoms with Crippen molar-refractivity contribution in [1.29, 1.82) is 0 Å². The van der Waals surface area contributed by atoms with E-state index in [0.29, 0.717) is 30.4 Å². The van der Waals surface area contributed by atoms with Crippen LogP contribution in [0.15, 0.2) is 24.3 Å². The number of hydrogen-bond acceptors (Lipinski definition) is 3. The molecular formula is C15H24N2O2S. The van der Waals surface area contributed by atoms with E-state index >= 15 is 0 Å². The lowest BCUT2D eigenvalue weighted by atomic mass is 10.2. The summed E-state index contributed by atoms with van der Waals surface area (Å²) in [5, 5.41) is 2.80. The second-order valence-electron chi connectivity index (χ2n) is 5.23. The number of hydrogen-bond donors (Lipinski definition) is 2. The Morgan fingerprint density at radius 2 is 1.90 bits per heavy atom. The van der Waals surface area contributed by atoms with Crippen LogP contribution in [0.4, 0.5) is 5.69 Å². The number of anilines is 1. The molecular weight excluding hydrogens is 272 g/mol. The molecule has 0 fully saturated rings. The summed E-state index contributed by atoms with van der Waals surface area (Å²) in [5.74, 6) is 1.56. The Labute approximate surface area is 123 Å². The van der Waals surface area contributed by atoms with Crippen molar-refractivity contribution in [3.05, 3.63) is 29.8 Å². The van der Waals surface area contributed by atoms with Gasteiger partial charge >= 0.3 is 0 Å². The van der Waals surface area contributed by atoms with Crippen molar-refractivity contribution >= 4 is 22.4 Å². The molecule has 0 bridgehead atoms. The molecule has 5 heteroatoms. The Hall–Kier alpha value is -1.20. The molecule has 0 saturated heterocycles. The maximum Gasteiger partial charge on any atom is 0.225 e. The van der Waals surface area contributed by atoms with Gasteiger partial charge in [-0.25, -0.2) is 0 Å². The van der Waals surface area contributed by atoms with Crippen LogP contribution in [-0.2, 0) is 22.1 Å². The van der Waals surface area contributed by atoms with Gasteiger partial charge in [0.15, 0.2) is 0 Å². The van der Waals surface area contributed by atoms with Crippen molar-refractivity contribution in [3.63, 3.8) is 0 Å². The van der Waals surface area contributed by atoms with Crippen molar-refractivity contribution < 1.29 is 9.00 Å². The summed E-state index contributed by atoms with van der Waals surface area (Å²) < 4.78 is 11.7. The SMILES string of the molecule is CC(C)CCS(=O)CCC(=O)Nc1ccc(CN)cc1. The highest BCUT2D eigenvalue weighted by Gasteiger charge is 2.07. The molecule has 0 aliphatic rings. The summed E-state index contributed by atoms with van der Waals surface area (Å²) in [7, 11) is -0.902. The minimum absolute atomic E-state index is 0.0941.